The molecule has 1 aliphatic carbocycles. The van der Waals surface area contributed by atoms with Crippen molar-refractivity contribution >= 4 is 12.1 Å². The lowest BCUT2D eigenvalue weighted by atomic mass is 9.98. The van der Waals surface area contributed by atoms with Gasteiger partial charge in [-0.15, -0.1) is 0 Å². The topological polar surface area (TPSA) is 64.6 Å². The zero-order valence-electron chi connectivity index (χ0n) is 19.8. The zero-order chi connectivity index (χ0) is 25.6. The summed E-state index contributed by atoms with van der Waals surface area (Å²) in [6, 6.07) is 34.1. The van der Waals surface area contributed by atoms with Gasteiger partial charge in [0.15, 0.2) is 11.8 Å². The number of benzene rings is 4. The Morgan fingerprint density at radius 3 is 1.76 bits per heavy atom. The Morgan fingerprint density at radius 2 is 1.24 bits per heavy atom. The number of hydrogen-bond acceptors (Lipinski definition) is 4. The number of esters is 1. The van der Waals surface area contributed by atoms with Crippen LogP contribution in [0.4, 0.5) is 9.18 Å². The number of ether oxygens (including phenoxy) is 2. The minimum absolute atomic E-state index is 0.0107. The summed E-state index contributed by atoms with van der Waals surface area (Å²) in [4.78, 5) is 25.4. The van der Waals surface area contributed by atoms with Crippen LogP contribution in [0.25, 0.3) is 11.1 Å². The number of rotatable bonds is 7. The lowest BCUT2D eigenvalue weighted by Crippen LogP contribution is -2.30. The van der Waals surface area contributed by atoms with Gasteiger partial charge >= 0.3 is 12.1 Å². The first-order chi connectivity index (χ1) is 18.2. The molecule has 5 rings (SSSR count). The smallest absolute Gasteiger partial charge is 0.411 e. The predicted octanol–water partition coefficient (Wildman–Crippen LogP) is 6.67. The Bertz CT molecular complexity index is 1350. The summed E-state index contributed by atoms with van der Waals surface area (Å²) in [5, 5.41) is 2.20. The molecule has 184 valence electrons. The highest BCUT2D eigenvalue weighted by molar-refractivity contribution is 5.92. The quantitative estimate of drug-likeness (QED) is 0.231. The first-order valence-electron chi connectivity index (χ1n) is 11.9. The summed E-state index contributed by atoms with van der Waals surface area (Å²) in [6.07, 6.45) is -1.72. The van der Waals surface area contributed by atoms with Gasteiger partial charge in [-0.25, -0.2) is 14.0 Å². The standard InChI is InChI=1S/C31H24FNO4/c32-19-28(30(34)37-29(21-11-3-1-4-12-21)22-13-5-2-6-14-22)33-31(35)36-20-27-25-17-9-7-15-23(25)24-16-8-10-18-26(24)27/h1-19,27,29H,20H2,(H,33,35)/b28-19+. The summed E-state index contributed by atoms with van der Waals surface area (Å²) in [7, 11) is 0. The molecule has 5 nitrogen and oxygen atoms in total. The molecule has 0 radical (unpaired) electrons. The molecule has 4 aromatic rings. The van der Waals surface area contributed by atoms with Crippen LogP contribution < -0.4 is 5.32 Å². The van der Waals surface area contributed by atoms with Gasteiger partial charge in [-0.2, -0.15) is 0 Å². The molecule has 0 aromatic heterocycles. The van der Waals surface area contributed by atoms with Crippen LogP contribution in [0.1, 0.15) is 34.3 Å². The third-order valence-electron chi connectivity index (χ3n) is 6.34. The van der Waals surface area contributed by atoms with E-state index in [0.717, 1.165) is 22.3 Å². The molecule has 0 heterocycles. The lowest BCUT2D eigenvalue weighted by molar-refractivity contribution is -0.143. The van der Waals surface area contributed by atoms with Crippen LogP contribution in [0.2, 0.25) is 0 Å². The van der Waals surface area contributed by atoms with Crippen LogP contribution in [0, 0.1) is 0 Å². The SMILES string of the molecule is O=C(N/C(=C/F)C(=O)OC(c1ccccc1)c1ccccc1)OCC1c2ccccc2-c2ccccc21. The van der Waals surface area contributed by atoms with Crippen LogP contribution in [-0.2, 0) is 14.3 Å². The number of hydrogen-bond donors (Lipinski definition) is 1. The van der Waals surface area contributed by atoms with Gasteiger partial charge in [0.2, 0.25) is 0 Å². The molecule has 0 spiro atoms. The number of carbonyl (C=O) groups excluding carboxylic acids is 2. The van der Waals surface area contributed by atoms with Crippen LogP contribution in [0.3, 0.4) is 0 Å². The summed E-state index contributed by atoms with van der Waals surface area (Å²) in [6.45, 7) is 0.0329. The van der Waals surface area contributed by atoms with Crippen LogP contribution in [-0.4, -0.2) is 18.7 Å². The maximum absolute atomic E-state index is 13.7. The molecule has 1 N–H and O–H groups in total. The molecule has 0 fully saturated rings. The maximum Gasteiger partial charge on any atom is 0.411 e. The van der Waals surface area contributed by atoms with Gasteiger partial charge in [0.05, 0.1) is 0 Å². The fourth-order valence-electron chi connectivity index (χ4n) is 4.62. The minimum Gasteiger partial charge on any atom is -0.448 e. The number of fused-ring (bicyclic) bond motifs is 3. The van der Waals surface area contributed by atoms with Crippen LogP contribution >= 0.6 is 0 Å². The molecule has 1 amide bonds. The Morgan fingerprint density at radius 1 is 0.757 bits per heavy atom. The van der Waals surface area contributed by atoms with Crippen molar-refractivity contribution in [2.45, 2.75) is 12.0 Å². The van der Waals surface area contributed by atoms with Crippen molar-refractivity contribution in [3.63, 3.8) is 0 Å². The average Bonchev–Trinajstić information content (AvgIpc) is 3.28. The second-order valence-corrected chi connectivity index (χ2v) is 8.58. The molecular formula is C31H24FNO4. The second-order valence-electron chi connectivity index (χ2n) is 8.58. The Kier molecular flexibility index (Phi) is 7.08. The van der Waals surface area contributed by atoms with Gasteiger partial charge in [0, 0.05) is 5.92 Å². The molecule has 6 heteroatoms. The normalized spacial score (nSPS) is 12.5. The van der Waals surface area contributed by atoms with E-state index in [1.54, 1.807) is 0 Å². The van der Waals surface area contributed by atoms with Crippen molar-refractivity contribution in [1.82, 2.24) is 5.32 Å². The highest BCUT2D eigenvalue weighted by Gasteiger charge is 2.29. The highest BCUT2D eigenvalue weighted by atomic mass is 19.1. The second kappa shape index (κ2) is 10.9. The fraction of sp³-hybridized carbons (Fsp3) is 0.0968. The van der Waals surface area contributed by atoms with E-state index in [1.165, 1.54) is 0 Å². The van der Waals surface area contributed by atoms with Crippen molar-refractivity contribution in [2.75, 3.05) is 6.61 Å². The van der Waals surface area contributed by atoms with E-state index in [1.807, 2.05) is 109 Å². The number of alkyl carbamates (subject to hydrolysis) is 1. The van der Waals surface area contributed by atoms with Gasteiger partial charge in [-0.05, 0) is 33.4 Å². The summed E-state index contributed by atoms with van der Waals surface area (Å²) in [5.41, 5.74) is 5.05. The summed E-state index contributed by atoms with van der Waals surface area (Å²) in [5.74, 6) is -1.18. The number of halogens is 1. The van der Waals surface area contributed by atoms with Crippen molar-refractivity contribution in [3.05, 3.63) is 143 Å². The Hall–Kier alpha value is -4.71. The molecule has 0 saturated heterocycles. The number of amides is 1. The van der Waals surface area contributed by atoms with E-state index in [0.29, 0.717) is 11.1 Å². The average molecular weight is 494 g/mol. The van der Waals surface area contributed by atoms with Gasteiger partial charge in [0.25, 0.3) is 0 Å². The fourth-order valence-corrected chi connectivity index (χ4v) is 4.62. The Labute approximate surface area is 214 Å². The van der Waals surface area contributed by atoms with E-state index in [4.69, 9.17) is 9.47 Å². The predicted molar refractivity (Wildman–Crippen MR) is 138 cm³/mol. The van der Waals surface area contributed by atoms with Gasteiger partial charge in [0.1, 0.15) is 12.9 Å². The van der Waals surface area contributed by atoms with Crippen LogP contribution in [0.5, 0.6) is 0 Å². The summed E-state index contributed by atoms with van der Waals surface area (Å²) < 4.78 is 24.8. The molecular weight excluding hydrogens is 469 g/mol. The van der Waals surface area contributed by atoms with Crippen molar-refractivity contribution in [3.8, 4) is 11.1 Å². The van der Waals surface area contributed by atoms with Crippen LogP contribution in [0.15, 0.2) is 121 Å². The van der Waals surface area contributed by atoms with Gasteiger partial charge < -0.3 is 9.47 Å². The van der Waals surface area contributed by atoms with E-state index < -0.39 is 23.9 Å². The van der Waals surface area contributed by atoms with Crippen molar-refractivity contribution in [1.29, 1.82) is 0 Å². The molecule has 0 unspecified atom stereocenters. The third kappa shape index (κ3) is 5.14. The highest BCUT2D eigenvalue weighted by Crippen LogP contribution is 2.44. The summed E-state index contributed by atoms with van der Waals surface area (Å²) >= 11 is 0. The molecule has 37 heavy (non-hydrogen) atoms. The maximum atomic E-state index is 13.7. The molecule has 0 bridgehead atoms. The van der Waals surface area contributed by atoms with Crippen molar-refractivity contribution < 1.29 is 23.5 Å². The monoisotopic (exact) mass is 493 g/mol. The molecule has 0 atom stereocenters. The van der Waals surface area contributed by atoms with E-state index in [-0.39, 0.29) is 18.9 Å². The zero-order valence-corrected chi connectivity index (χ0v) is 19.8. The first-order valence-corrected chi connectivity index (χ1v) is 11.9. The molecule has 1 aliphatic rings. The third-order valence-corrected chi connectivity index (χ3v) is 6.34. The number of carbonyl (C=O) groups is 2. The molecule has 0 aliphatic heterocycles. The minimum atomic E-state index is -1.02. The van der Waals surface area contributed by atoms with Gasteiger partial charge in [-0.3, -0.25) is 5.32 Å². The largest absolute Gasteiger partial charge is 0.448 e. The van der Waals surface area contributed by atoms with E-state index in [2.05, 4.69) is 5.32 Å². The molecule has 4 aromatic carbocycles. The van der Waals surface area contributed by atoms with E-state index >= 15 is 0 Å². The number of nitrogens with one attached hydrogen (secondary N) is 1. The lowest BCUT2D eigenvalue weighted by Gasteiger charge is -2.20. The Balaban J connectivity index is 1.26. The van der Waals surface area contributed by atoms with E-state index in [9.17, 15) is 14.0 Å². The van der Waals surface area contributed by atoms with Crippen molar-refractivity contribution in [2.24, 2.45) is 0 Å². The van der Waals surface area contributed by atoms with Gasteiger partial charge in [-0.1, -0.05) is 109 Å². The molecule has 0 saturated carbocycles. The first kappa shape index (κ1) is 24.0.